The number of para-hydroxylation sites is 1. The molecule has 0 bridgehead atoms. The largest absolute Gasteiger partial charge is 0.496 e. The van der Waals surface area contributed by atoms with Gasteiger partial charge in [0.05, 0.1) is 7.11 Å². The van der Waals surface area contributed by atoms with Gasteiger partial charge in [-0.05, 0) is 30.7 Å². The molecule has 0 amide bonds. The summed E-state index contributed by atoms with van der Waals surface area (Å²) in [5.74, 6) is 2.55. The van der Waals surface area contributed by atoms with Gasteiger partial charge < -0.3 is 10.5 Å². The molecule has 0 spiro atoms. The van der Waals surface area contributed by atoms with Gasteiger partial charge in [0.2, 0.25) is 0 Å². The number of rotatable bonds is 3. The van der Waals surface area contributed by atoms with Gasteiger partial charge in [0, 0.05) is 31.2 Å². The quantitative estimate of drug-likeness (QED) is 0.885. The van der Waals surface area contributed by atoms with Gasteiger partial charge in [-0.2, -0.15) is 0 Å². The van der Waals surface area contributed by atoms with Crippen LogP contribution in [0.3, 0.4) is 0 Å². The molecule has 2 aliphatic rings. The average Bonchev–Trinajstić information content (AvgIpc) is 2.93. The fraction of sp³-hybridized carbons (Fsp3) is 0.600. The number of hydrogen-bond acceptors (Lipinski definition) is 3. The Kier molecular flexibility index (Phi) is 3.27. The maximum Gasteiger partial charge on any atom is 0.123 e. The minimum absolute atomic E-state index is 0.428. The van der Waals surface area contributed by atoms with Crippen molar-refractivity contribution in [3.8, 4) is 5.75 Å². The summed E-state index contributed by atoms with van der Waals surface area (Å²) in [6.07, 6.45) is 2.53. The molecule has 3 heteroatoms. The summed E-state index contributed by atoms with van der Waals surface area (Å²) in [6.45, 7) is 3.35. The van der Waals surface area contributed by atoms with Gasteiger partial charge in [-0.1, -0.05) is 18.2 Å². The lowest BCUT2D eigenvalue weighted by molar-refractivity contribution is 0.292. The maximum absolute atomic E-state index is 6.18. The molecule has 3 unspecified atom stereocenters. The van der Waals surface area contributed by atoms with Crippen molar-refractivity contribution in [1.82, 2.24) is 4.90 Å². The number of methoxy groups -OCH3 is 1. The molecule has 1 saturated heterocycles. The number of ether oxygens (including phenoxy) is 1. The van der Waals surface area contributed by atoms with Crippen molar-refractivity contribution in [1.29, 1.82) is 0 Å². The third-order valence-corrected chi connectivity index (χ3v) is 4.57. The third kappa shape index (κ3) is 2.13. The number of nitrogens with zero attached hydrogens (tertiary/aromatic N) is 1. The standard InChI is InChI=1S/C15H22N2O/c1-18-15-5-3-2-4-12(15)9-17-8-11-6-7-14(16)13(11)10-17/h2-5,11,13-14H,6-10,16H2,1H3. The second-order valence-corrected chi connectivity index (χ2v) is 5.67. The number of nitrogens with two attached hydrogens (primary N) is 1. The van der Waals surface area contributed by atoms with E-state index in [1.807, 2.05) is 12.1 Å². The van der Waals surface area contributed by atoms with Crippen LogP contribution in [-0.4, -0.2) is 31.1 Å². The van der Waals surface area contributed by atoms with Crippen LogP contribution in [0.5, 0.6) is 5.75 Å². The molecule has 0 aromatic heterocycles. The first-order valence-electron chi connectivity index (χ1n) is 6.87. The van der Waals surface area contributed by atoms with Crippen LogP contribution < -0.4 is 10.5 Å². The fourth-order valence-electron chi connectivity index (χ4n) is 3.60. The Hall–Kier alpha value is -1.06. The summed E-state index contributed by atoms with van der Waals surface area (Å²) in [5.41, 5.74) is 7.47. The summed E-state index contributed by atoms with van der Waals surface area (Å²) in [4.78, 5) is 2.53. The number of fused-ring (bicyclic) bond motifs is 1. The molecule has 2 N–H and O–H groups in total. The van der Waals surface area contributed by atoms with Gasteiger partial charge in [0.1, 0.15) is 5.75 Å². The Bertz CT molecular complexity index is 421. The summed E-state index contributed by atoms with van der Waals surface area (Å²) >= 11 is 0. The molecule has 3 rings (SSSR count). The highest BCUT2D eigenvalue weighted by Crippen LogP contribution is 2.38. The van der Waals surface area contributed by atoms with Crippen LogP contribution in [0.25, 0.3) is 0 Å². The van der Waals surface area contributed by atoms with E-state index in [9.17, 15) is 0 Å². The molecule has 0 radical (unpaired) electrons. The van der Waals surface area contributed by atoms with E-state index in [4.69, 9.17) is 10.5 Å². The topological polar surface area (TPSA) is 38.5 Å². The third-order valence-electron chi connectivity index (χ3n) is 4.57. The first kappa shape index (κ1) is 12.0. The van der Waals surface area contributed by atoms with E-state index in [1.165, 1.54) is 24.9 Å². The van der Waals surface area contributed by atoms with Crippen molar-refractivity contribution in [2.45, 2.75) is 25.4 Å². The van der Waals surface area contributed by atoms with Gasteiger partial charge in [0.25, 0.3) is 0 Å². The van der Waals surface area contributed by atoms with Gasteiger partial charge in [0.15, 0.2) is 0 Å². The molecule has 18 heavy (non-hydrogen) atoms. The molecule has 2 fully saturated rings. The Morgan fingerprint density at radius 3 is 2.89 bits per heavy atom. The number of benzene rings is 1. The predicted molar refractivity (Wildman–Crippen MR) is 72.5 cm³/mol. The minimum Gasteiger partial charge on any atom is -0.496 e. The predicted octanol–water partition coefficient (Wildman–Crippen LogP) is 1.86. The molecule has 1 aliphatic carbocycles. The molecule has 3 atom stereocenters. The first-order chi connectivity index (χ1) is 8.78. The first-order valence-corrected chi connectivity index (χ1v) is 6.87. The zero-order valence-electron chi connectivity index (χ0n) is 11.0. The van der Waals surface area contributed by atoms with Crippen LogP contribution >= 0.6 is 0 Å². The Labute approximate surface area is 109 Å². The molecular formula is C15H22N2O. The molecule has 1 aromatic carbocycles. The highest BCUT2D eigenvalue weighted by atomic mass is 16.5. The van der Waals surface area contributed by atoms with E-state index in [1.54, 1.807) is 7.11 Å². The van der Waals surface area contributed by atoms with Crippen LogP contribution in [0.4, 0.5) is 0 Å². The fourth-order valence-corrected chi connectivity index (χ4v) is 3.60. The second-order valence-electron chi connectivity index (χ2n) is 5.67. The van der Waals surface area contributed by atoms with Crippen molar-refractivity contribution in [3.63, 3.8) is 0 Å². The molecule has 1 aromatic rings. The Balaban J connectivity index is 1.68. The lowest BCUT2D eigenvalue weighted by Gasteiger charge is -2.19. The van der Waals surface area contributed by atoms with Crippen molar-refractivity contribution in [2.24, 2.45) is 17.6 Å². The highest BCUT2D eigenvalue weighted by Gasteiger charge is 2.40. The van der Waals surface area contributed by atoms with E-state index in [0.29, 0.717) is 6.04 Å². The zero-order chi connectivity index (χ0) is 12.5. The smallest absolute Gasteiger partial charge is 0.123 e. The van der Waals surface area contributed by atoms with E-state index < -0.39 is 0 Å². The lowest BCUT2D eigenvalue weighted by Crippen LogP contribution is -2.30. The normalized spacial score (nSPS) is 31.6. The monoisotopic (exact) mass is 246 g/mol. The summed E-state index contributed by atoms with van der Waals surface area (Å²) in [7, 11) is 1.74. The van der Waals surface area contributed by atoms with Gasteiger partial charge in [-0.25, -0.2) is 0 Å². The van der Waals surface area contributed by atoms with Crippen molar-refractivity contribution in [2.75, 3.05) is 20.2 Å². The van der Waals surface area contributed by atoms with Gasteiger partial charge in [-0.15, -0.1) is 0 Å². The Morgan fingerprint density at radius 1 is 1.28 bits per heavy atom. The second kappa shape index (κ2) is 4.90. The molecule has 1 aliphatic heterocycles. The van der Waals surface area contributed by atoms with Crippen LogP contribution in [-0.2, 0) is 6.54 Å². The number of hydrogen-bond donors (Lipinski definition) is 1. The molecule has 1 heterocycles. The molecule has 98 valence electrons. The average molecular weight is 246 g/mol. The van der Waals surface area contributed by atoms with E-state index >= 15 is 0 Å². The summed E-state index contributed by atoms with van der Waals surface area (Å²) in [5, 5.41) is 0. The van der Waals surface area contributed by atoms with E-state index in [0.717, 1.165) is 30.7 Å². The van der Waals surface area contributed by atoms with Crippen LogP contribution in [0.2, 0.25) is 0 Å². The lowest BCUT2D eigenvalue weighted by atomic mass is 9.98. The van der Waals surface area contributed by atoms with E-state index in [2.05, 4.69) is 17.0 Å². The highest BCUT2D eigenvalue weighted by molar-refractivity contribution is 5.33. The van der Waals surface area contributed by atoms with Crippen LogP contribution in [0.1, 0.15) is 18.4 Å². The maximum atomic E-state index is 6.18. The van der Waals surface area contributed by atoms with Gasteiger partial charge >= 0.3 is 0 Å². The van der Waals surface area contributed by atoms with Crippen molar-refractivity contribution in [3.05, 3.63) is 29.8 Å². The van der Waals surface area contributed by atoms with Crippen LogP contribution in [0, 0.1) is 11.8 Å². The zero-order valence-corrected chi connectivity index (χ0v) is 11.0. The molecule has 1 saturated carbocycles. The minimum atomic E-state index is 0.428. The molecule has 3 nitrogen and oxygen atoms in total. The number of likely N-dealkylation sites (tertiary alicyclic amines) is 1. The summed E-state index contributed by atoms with van der Waals surface area (Å²) < 4.78 is 5.42. The van der Waals surface area contributed by atoms with E-state index in [-0.39, 0.29) is 0 Å². The van der Waals surface area contributed by atoms with Crippen molar-refractivity contribution < 1.29 is 4.74 Å². The SMILES string of the molecule is COc1ccccc1CN1CC2CCC(N)C2C1. The van der Waals surface area contributed by atoms with Crippen LogP contribution in [0.15, 0.2) is 24.3 Å². The molecular weight excluding hydrogens is 224 g/mol. The Morgan fingerprint density at radius 2 is 2.11 bits per heavy atom. The van der Waals surface area contributed by atoms with Gasteiger partial charge in [-0.3, -0.25) is 4.90 Å². The summed E-state index contributed by atoms with van der Waals surface area (Å²) in [6, 6.07) is 8.74. The van der Waals surface area contributed by atoms with Crippen molar-refractivity contribution >= 4 is 0 Å².